The van der Waals surface area contributed by atoms with Gasteiger partial charge >= 0.3 is 5.97 Å². The first-order valence-electron chi connectivity index (χ1n) is 10.1. The molecule has 1 aliphatic rings. The first-order chi connectivity index (χ1) is 13.8. The summed E-state index contributed by atoms with van der Waals surface area (Å²) in [5.74, 6) is -0.755. The fourth-order valence-electron chi connectivity index (χ4n) is 3.17. The normalized spacial score (nSPS) is 17.0. The van der Waals surface area contributed by atoms with Gasteiger partial charge in [0.2, 0.25) is 0 Å². The molecular weight excluding hydrogens is 372 g/mol. The van der Waals surface area contributed by atoms with Crippen LogP contribution in [0.3, 0.4) is 0 Å². The maximum Gasteiger partial charge on any atom is 0.323 e. The highest BCUT2D eigenvalue weighted by atomic mass is 16.8. The zero-order valence-electron chi connectivity index (χ0n) is 17.4. The largest absolute Gasteiger partial charge is 0.480 e. The molecule has 2 rings (SSSR count). The Bertz CT molecular complexity index is 694. The zero-order chi connectivity index (χ0) is 21.3. The number of carboxylic acids is 1. The molecule has 0 aromatic heterocycles. The summed E-state index contributed by atoms with van der Waals surface area (Å²) >= 11 is 0. The second kappa shape index (κ2) is 11.1. The number of hydroxylamine groups is 1. The maximum atomic E-state index is 11.8. The van der Waals surface area contributed by atoms with Crippen molar-refractivity contribution in [3.8, 4) is 0 Å². The van der Waals surface area contributed by atoms with Crippen molar-refractivity contribution < 1.29 is 24.3 Å². The Labute approximate surface area is 172 Å². The van der Waals surface area contributed by atoms with Gasteiger partial charge in [0.05, 0.1) is 6.61 Å². The first-order valence-corrected chi connectivity index (χ1v) is 10.1. The van der Waals surface area contributed by atoms with Gasteiger partial charge in [-0.15, -0.1) is 0 Å². The Morgan fingerprint density at radius 3 is 2.41 bits per heavy atom. The van der Waals surface area contributed by atoms with Crippen molar-refractivity contribution in [3.63, 3.8) is 0 Å². The summed E-state index contributed by atoms with van der Waals surface area (Å²) in [6, 6.07) is 7.62. The Hall–Kier alpha value is -2.22. The third-order valence-corrected chi connectivity index (χ3v) is 4.89. The number of aliphatic carboxylic acids is 1. The van der Waals surface area contributed by atoms with E-state index >= 15 is 0 Å². The summed E-state index contributed by atoms with van der Waals surface area (Å²) in [7, 11) is 0. The van der Waals surface area contributed by atoms with E-state index in [-0.39, 0.29) is 5.91 Å². The number of hydrogen-bond donors (Lipinski definition) is 3. The summed E-state index contributed by atoms with van der Waals surface area (Å²) in [6.45, 7) is 6.85. The lowest BCUT2D eigenvalue weighted by Crippen LogP contribution is -2.49. The molecule has 0 radical (unpaired) electrons. The molecule has 1 fully saturated rings. The number of nitrogens with one attached hydrogen (secondary N) is 2. The third-order valence-electron chi connectivity index (χ3n) is 4.89. The Morgan fingerprint density at radius 2 is 1.83 bits per heavy atom. The lowest BCUT2D eigenvalue weighted by molar-refractivity contribution is -0.180. The highest BCUT2D eigenvalue weighted by Gasteiger charge is 2.40. The average molecular weight is 405 g/mol. The van der Waals surface area contributed by atoms with Gasteiger partial charge in [0.25, 0.3) is 5.91 Å². The van der Waals surface area contributed by atoms with Gasteiger partial charge in [-0.2, -0.15) is 0 Å². The summed E-state index contributed by atoms with van der Waals surface area (Å²) in [6.07, 6.45) is 5.78. The number of rotatable bonds is 11. The van der Waals surface area contributed by atoms with Crippen LogP contribution in [0.2, 0.25) is 0 Å². The van der Waals surface area contributed by atoms with Crippen LogP contribution >= 0.6 is 0 Å². The number of carbonyl (C=O) groups is 2. The fourth-order valence-corrected chi connectivity index (χ4v) is 3.17. The van der Waals surface area contributed by atoms with E-state index in [0.29, 0.717) is 31.9 Å². The van der Waals surface area contributed by atoms with Gasteiger partial charge in [-0.05, 0) is 42.9 Å². The van der Waals surface area contributed by atoms with E-state index < -0.39 is 17.8 Å². The molecule has 29 heavy (non-hydrogen) atoms. The monoisotopic (exact) mass is 404 g/mol. The fraction of sp³-hybridized carbons (Fsp3) is 0.545. The van der Waals surface area contributed by atoms with Crippen LogP contribution in [0.25, 0.3) is 6.08 Å². The van der Waals surface area contributed by atoms with Crippen molar-refractivity contribution in [1.29, 1.82) is 0 Å². The SMILES string of the molecule is CC(C)COC(C)ONC(=O)C=Cc1ccc(CNC2(C(=O)O)CCCC2)cc1. The van der Waals surface area contributed by atoms with Crippen molar-refractivity contribution in [1.82, 2.24) is 10.8 Å². The molecule has 0 spiro atoms. The molecule has 1 aliphatic carbocycles. The number of hydrogen-bond acceptors (Lipinski definition) is 5. The number of amides is 1. The zero-order valence-corrected chi connectivity index (χ0v) is 17.4. The third kappa shape index (κ3) is 7.61. The molecule has 1 aromatic rings. The highest BCUT2D eigenvalue weighted by Crippen LogP contribution is 2.30. The summed E-state index contributed by atoms with van der Waals surface area (Å²) < 4.78 is 5.41. The van der Waals surface area contributed by atoms with Crippen LogP contribution in [0.4, 0.5) is 0 Å². The van der Waals surface area contributed by atoms with E-state index in [9.17, 15) is 14.7 Å². The molecule has 1 unspecified atom stereocenters. The van der Waals surface area contributed by atoms with E-state index in [1.165, 1.54) is 6.08 Å². The number of ether oxygens (including phenoxy) is 1. The molecule has 0 saturated heterocycles. The molecule has 1 atom stereocenters. The molecule has 160 valence electrons. The van der Waals surface area contributed by atoms with Crippen molar-refractivity contribution >= 4 is 18.0 Å². The smallest absolute Gasteiger partial charge is 0.323 e. The van der Waals surface area contributed by atoms with Crippen LogP contribution in [0.1, 0.15) is 57.6 Å². The molecule has 1 amide bonds. The van der Waals surface area contributed by atoms with Crippen LogP contribution in [-0.4, -0.2) is 35.4 Å². The predicted molar refractivity (Wildman–Crippen MR) is 111 cm³/mol. The van der Waals surface area contributed by atoms with Crippen molar-refractivity contribution in [2.75, 3.05) is 6.61 Å². The minimum Gasteiger partial charge on any atom is -0.480 e. The Morgan fingerprint density at radius 1 is 1.17 bits per heavy atom. The minimum atomic E-state index is -0.799. The lowest BCUT2D eigenvalue weighted by atomic mass is 9.97. The molecule has 0 heterocycles. The van der Waals surface area contributed by atoms with Crippen LogP contribution in [0.15, 0.2) is 30.3 Å². The van der Waals surface area contributed by atoms with E-state index in [1.54, 1.807) is 13.0 Å². The van der Waals surface area contributed by atoms with Gasteiger partial charge in [-0.25, -0.2) is 10.3 Å². The lowest BCUT2D eigenvalue weighted by Gasteiger charge is -2.25. The quantitative estimate of drug-likeness (QED) is 0.298. The van der Waals surface area contributed by atoms with Gasteiger partial charge in [0.15, 0.2) is 6.29 Å². The van der Waals surface area contributed by atoms with Gasteiger partial charge in [0.1, 0.15) is 5.54 Å². The van der Waals surface area contributed by atoms with Crippen molar-refractivity contribution in [2.24, 2.45) is 5.92 Å². The van der Waals surface area contributed by atoms with Gasteiger partial charge < -0.3 is 9.84 Å². The number of carboxylic acid groups (broad SMARTS) is 1. The van der Waals surface area contributed by atoms with Gasteiger partial charge in [0, 0.05) is 12.6 Å². The van der Waals surface area contributed by atoms with E-state index in [1.807, 2.05) is 38.1 Å². The number of carbonyl (C=O) groups excluding carboxylic acids is 1. The molecular formula is C22H32N2O5. The second-order valence-electron chi connectivity index (χ2n) is 7.90. The van der Waals surface area contributed by atoms with Gasteiger partial charge in [-0.3, -0.25) is 14.9 Å². The average Bonchev–Trinajstić information content (AvgIpc) is 3.19. The summed E-state index contributed by atoms with van der Waals surface area (Å²) in [5, 5.41) is 12.7. The van der Waals surface area contributed by atoms with Crippen LogP contribution < -0.4 is 10.8 Å². The second-order valence-corrected chi connectivity index (χ2v) is 7.90. The highest BCUT2D eigenvalue weighted by molar-refractivity contribution is 5.90. The van der Waals surface area contributed by atoms with E-state index in [4.69, 9.17) is 9.57 Å². The summed E-state index contributed by atoms with van der Waals surface area (Å²) in [5.41, 5.74) is 3.40. The molecule has 1 saturated carbocycles. The molecule has 0 aliphatic heterocycles. The molecule has 0 bridgehead atoms. The topological polar surface area (TPSA) is 96.9 Å². The van der Waals surface area contributed by atoms with E-state index in [0.717, 1.165) is 24.0 Å². The standard InChI is InChI=1S/C22H32N2O5/c1-16(2)15-28-17(3)29-24-20(25)11-10-18-6-8-19(9-7-18)14-23-22(21(26)27)12-4-5-13-22/h6-11,16-17,23H,4-5,12-15H2,1-3H3,(H,24,25)(H,26,27). The predicted octanol–water partition coefficient (Wildman–Crippen LogP) is 3.25. The number of benzene rings is 1. The van der Waals surface area contributed by atoms with Crippen LogP contribution in [-0.2, 0) is 25.7 Å². The van der Waals surface area contributed by atoms with Crippen molar-refractivity contribution in [3.05, 3.63) is 41.5 Å². The Kier molecular flexibility index (Phi) is 8.82. The molecule has 7 heteroatoms. The Balaban J connectivity index is 1.78. The molecule has 7 nitrogen and oxygen atoms in total. The summed E-state index contributed by atoms with van der Waals surface area (Å²) in [4.78, 5) is 28.6. The van der Waals surface area contributed by atoms with E-state index in [2.05, 4.69) is 10.8 Å². The van der Waals surface area contributed by atoms with Crippen LogP contribution in [0.5, 0.6) is 0 Å². The molecule has 1 aromatic carbocycles. The molecule has 3 N–H and O–H groups in total. The maximum absolute atomic E-state index is 11.8. The first kappa shape index (κ1) is 23.1. The van der Waals surface area contributed by atoms with Crippen molar-refractivity contribution in [2.45, 2.75) is 64.8 Å². The minimum absolute atomic E-state index is 0.375. The van der Waals surface area contributed by atoms with Crippen LogP contribution in [0, 0.1) is 5.92 Å². The van der Waals surface area contributed by atoms with Gasteiger partial charge in [-0.1, -0.05) is 51.0 Å².